The van der Waals surface area contributed by atoms with E-state index in [0.29, 0.717) is 24.9 Å². The van der Waals surface area contributed by atoms with Crippen LogP contribution in [-0.4, -0.2) is 27.5 Å². The Balaban J connectivity index is 1.53. The van der Waals surface area contributed by atoms with Crippen LogP contribution in [0.2, 0.25) is 0 Å². The van der Waals surface area contributed by atoms with E-state index in [1.54, 1.807) is 0 Å². The number of halogens is 2. The SMILES string of the molecule is Cn1cc2c(n1)CCC(NCC(O)CCc1cc(F)cc(F)c1)(c1cccc(C(C)(C)C)c1)C2. The van der Waals surface area contributed by atoms with Gasteiger partial charge in [-0.3, -0.25) is 4.68 Å². The van der Waals surface area contributed by atoms with Crippen LogP contribution < -0.4 is 5.32 Å². The fourth-order valence-corrected chi connectivity index (χ4v) is 4.97. The lowest BCUT2D eigenvalue weighted by Crippen LogP contribution is -2.49. The van der Waals surface area contributed by atoms with Crippen LogP contribution in [0.25, 0.3) is 0 Å². The van der Waals surface area contributed by atoms with Gasteiger partial charge in [-0.15, -0.1) is 0 Å². The minimum Gasteiger partial charge on any atom is -0.392 e. The first-order chi connectivity index (χ1) is 16.0. The highest BCUT2D eigenvalue weighted by Crippen LogP contribution is 2.38. The van der Waals surface area contributed by atoms with Gasteiger partial charge in [-0.2, -0.15) is 5.10 Å². The number of aliphatic hydroxyl groups is 1. The quantitative estimate of drug-likeness (QED) is 0.516. The molecule has 0 amide bonds. The average molecular weight is 468 g/mol. The number of aromatic nitrogens is 2. The van der Waals surface area contributed by atoms with Crippen molar-refractivity contribution in [2.75, 3.05) is 6.54 Å². The third kappa shape index (κ3) is 5.56. The Hall–Kier alpha value is -2.57. The third-order valence-electron chi connectivity index (χ3n) is 6.92. The molecule has 3 aromatic rings. The molecule has 0 aliphatic heterocycles. The molecule has 0 fully saturated rings. The van der Waals surface area contributed by atoms with Gasteiger partial charge in [-0.1, -0.05) is 45.0 Å². The molecule has 0 saturated carbocycles. The van der Waals surface area contributed by atoms with Gasteiger partial charge in [-0.05, 0) is 71.9 Å². The number of aliphatic hydroxyl groups excluding tert-OH is 1. The number of nitrogens with one attached hydrogen (secondary N) is 1. The van der Waals surface area contributed by atoms with E-state index in [1.165, 1.54) is 28.8 Å². The molecule has 0 bridgehead atoms. The Kier molecular flexibility index (Phi) is 6.92. The summed E-state index contributed by atoms with van der Waals surface area (Å²) in [4.78, 5) is 0. The third-order valence-corrected chi connectivity index (χ3v) is 6.92. The van der Waals surface area contributed by atoms with Crippen molar-refractivity contribution in [1.82, 2.24) is 15.1 Å². The van der Waals surface area contributed by atoms with Gasteiger partial charge >= 0.3 is 0 Å². The van der Waals surface area contributed by atoms with E-state index < -0.39 is 17.7 Å². The molecular formula is C28H35F2N3O. The van der Waals surface area contributed by atoms with Crippen LogP contribution in [0.1, 0.15) is 61.6 Å². The average Bonchev–Trinajstić information content (AvgIpc) is 3.14. The number of rotatable bonds is 7. The highest BCUT2D eigenvalue weighted by atomic mass is 19.1. The van der Waals surface area contributed by atoms with Gasteiger partial charge in [0.25, 0.3) is 0 Å². The smallest absolute Gasteiger partial charge is 0.126 e. The lowest BCUT2D eigenvalue weighted by Gasteiger charge is -2.40. The molecule has 2 N–H and O–H groups in total. The number of aryl methyl sites for hydroxylation is 3. The highest BCUT2D eigenvalue weighted by molar-refractivity contribution is 5.37. The predicted molar refractivity (Wildman–Crippen MR) is 131 cm³/mol. The summed E-state index contributed by atoms with van der Waals surface area (Å²) >= 11 is 0. The standard InChI is InChI=1S/C28H35F2N3O/c1-27(2,3)21-6-5-7-22(14-21)28(11-10-26-20(16-28)18-33(4)32-26)31-17-25(34)9-8-19-12-23(29)15-24(30)13-19/h5-7,12-15,18,25,31,34H,8-11,16-17H2,1-4H3. The van der Waals surface area contributed by atoms with Gasteiger partial charge < -0.3 is 10.4 Å². The van der Waals surface area contributed by atoms with Crippen molar-refractivity contribution in [2.24, 2.45) is 7.05 Å². The van der Waals surface area contributed by atoms with Crippen molar-refractivity contribution in [3.8, 4) is 0 Å². The van der Waals surface area contributed by atoms with Crippen molar-refractivity contribution < 1.29 is 13.9 Å². The molecule has 34 heavy (non-hydrogen) atoms. The summed E-state index contributed by atoms with van der Waals surface area (Å²) in [6, 6.07) is 12.3. The van der Waals surface area contributed by atoms with Gasteiger partial charge in [0.05, 0.1) is 11.8 Å². The maximum absolute atomic E-state index is 13.5. The number of hydrogen-bond donors (Lipinski definition) is 2. The Morgan fingerprint density at radius 2 is 1.88 bits per heavy atom. The highest BCUT2D eigenvalue weighted by Gasteiger charge is 2.38. The molecular weight excluding hydrogens is 432 g/mol. The summed E-state index contributed by atoms with van der Waals surface area (Å²) in [5, 5.41) is 19.1. The Labute approximate surface area is 201 Å². The minimum atomic E-state index is -0.635. The van der Waals surface area contributed by atoms with Crippen LogP contribution in [0, 0.1) is 11.6 Å². The van der Waals surface area contributed by atoms with Crippen LogP contribution in [-0.2, 0) is 37.3 Å². The van der Waals surface area contributed by atoms with Crippen LogP contribution >= 0.6 is 0 Å². The first-order valence-electron chi connectivity index (χ1n) is 12.0. The second-order valence-corrected chi connectivity index (χ2v) is 10.7. The van der Waals surface area contributed by atoms with E-state index in [-0.39, 0.29) is 11.0 Å². The second-order valence-electron chi connectivity index (χ2n) is 10.7. The molecule has 1 heterocycles. The molecule has 4 nitrogen and oxygen atoms in total. The molecule has 2 unspecified atom stereocenters. The fourth-order valence-electron chi connectivity index (χ4n) is 4.97. The zero-order chi connectivity index (χ0) is 24.5. The first kappa shape index (κ1) is 24.6. The molecule has 0 saturated heterocycles. The number of benzene rings is 2. The largest absolute Gasteiger partial charge is 0.392 e. The van der Waals surface area contributed by atoms with Crippen molar-refractivity contribution in [2.45, 2.75) is 69.9 Å². The van der Waals surface area contributed by atoms with Crippen molar-refractivity contribution >= 4 is 0 Å². The summed E-state index contributed by atoms with van der Waals surface area (Å²) in [5.74, 6) is -1.18. The van der Waals surface area contributed by atoms with E-state index in [4.69, 9.17) is 0 Å². The number of fused-ring (bicyclic) bond motifs is 1. The first-order valence-corrected chi connectivity index (χ1v) is 12.0. The van der Waals surface area contributed by atoms with Crippen LogP contribution in [0.15, 0.2) is 48.7 Å². The maximum atomic E-state index is 13.5. The molecule has 1 aromatic heterocycles. The molecule has 2 aromatic carbocycles. The minimum absolute atomic E-state index is 0.0328. The van der Waals surface area contributed by atoms with E-state index in [2.05, 4.69) is 61.6 Å². The van der Waals surface area contributed by atoms with Gasteiger partial charge in [-0.25, -0.2) is 8.78 Å². The lowest BCUT2D eigenvalue weighted by molar-refractivity contribution is 0.140. The Bertz CT molecular complexity index is 1130. The van der Waals surface area contributed by atoms with Crippen molar-refractivity contribution in [3.63, 3.8) is 0 Å². The zero-order valence-electron chi connectivity index (χ0n) is 20.5. The summed E-state index contributed by atoms with van der Waals surface area (Å²) in [6.45, 7) is 7.04. The monoisotopic (exact) mass is 467 g/mol. The van der Waals surface area contributed by atoms with Gasteiger partial charge in [0.1, 0.15) is 11.6 Å². The van der Waals surface area contributed by atoms with E-state index in [0.717, 1.165) is 31.0 Å². The maximum Gasteiger partial charge on any atom is 0.126 e. The summed E-state index contributed by atoms with van der Waals surface area (Å²) in [5.41, 5.74) is 5.13. The molecule has 1 aliphatic carbocycles. The molecule has 0 radical (unpaired) electrons. The van der Waals surface area contributed by atoms with Crippen LogP contribution in [0.4, 0.5) is 8.78 Å². The van der Waals surface area contributed by atoms with Gasteiger partial charge in [0, 0.05) is 31.4 Å². The second kappa shape index (κ2) is 9.59. The number of nitrogens with zero attached hydrogens (tertiary/aromatic N) is 2. The predicted octanol–water partition coefficient (Wildman–Crippen LogP) is 4.96. The molecule has 6 heteroatoms. The van der Waals surface area contributed by atoms with Gasteiger partial charge in [0.15, 0.2) is 0 Å². The molecule has 182 valence electrons. The fraction of sp³-hybridized carbons (Fsp3) is 0.464. The molecule has 0 spiro atoms. The Morgan fingerprint density at radius 3 is 2.59 bits per heavy atom. The molecule has 1 aliphatic rings. The normalized spacial score (nSPS) is 19.1. The number of hydrogen-bond acceptors (Lipinski definition) is 3. The topological polar surface area (TPSA) is 50.1 Å². The van der Waals surface area contributed by atoms with Crippen LogP contribution in [0.5, 0.6) is 0 Å². The van der Waals surface area contributed by atoms with E-state index in [1.807, 2.05) is 11.7 Å². The Morgan fingerprint density at radius 1 is 1.15 bits per heavy atom. The summed E-state index contributed by atoms with van der Waals surface area (Å²) in [6.07, 6.45) is 4.83. The molecule has 2 atom stereocenters. The summed E-state index contributed by atoms with van der Waals surface area (Å²) < 4.78 is 28.9. The van der Waals surface area contributed by atoms with Gasteiger partial charge in [0.2, 0.25) is 0 Å². The van der Waals surface area contributed by atoms with E-state index in [9.17, 15) is 13.9 Å². The summed E-state index contributed by atoms with van der Waals surface area (Å²) in [7, 11) is 1.95. The van der Waals surface area contributed by atoms with Crippen molar-refractivity contribution in [1.29, 1.82) is 0 Å². The molecule has 4 rings (SSSR count). The lowest BCUT2D eigenvalue weighted by atomic mass is 9.74. The zero-order valence-corrected chi connectivity index (χ0v) is 20.5. The van der Waals surface area contributed by atoms with E-state index >= 15 is 0 Å². The van der Waals surface area contributed by atoms with Crippen LogP contribution in [0.3, 0.4) is 0 Å². The van der Waals surface area contributed by atoms with Crippen molar-refractivity contribution in [3.05, 3.63) is 88.2 Å².